The van der Waals surface area contributed by atoms with Gasteiger partial charge in [-0.1, -0.05) is 77.5 Å². The van der Waals surface area contributed by atoms with Crippen molar-refractivity contribution in [3.05, 3.63) is 58.2 Å². The number of nitrogens with one attached hydrogen (secondary N) is 1. The monoisotopic (exact) mass is 453 g/mol. The molecule has 0 aliphatic rings. The lowest BCUT2D eigenvalue weighted by molar-refractivity contribution is 0.375. The third-order valence-corrected chi connectivity index (χ3v) is 6.75. The summed E-state index contributed by atoms with van der Waals surface area (Å²) in [5.74, 6) is 2.27. The lowest BCUT2D eigenvalue weighted by atomic mass is 9.84. The number of aryl methyl sites for hydroxylation is 2. The predicted octanol–water partition coefficient (Wildman–Crippen LogP) is 9.10. The topological polar surface area (TPSA) is 12.0 Å². The molecule has 0 aliphatic heterocycles. The maximum atomic E-state index is 3.30. The van der Waals surface area contributed by atoms with Gasteiger partial charge in [-0.05, 0) is 125 Å². The number of hydrogen-bond donors (Lipinski definition) is 1. The van der Waals surface area contributed by atoms with Gasteiger partial charge in [0.25, 0.3) is 0 Å². The van der Waals surface area contributed by atoms with Gasteiger partial charge in [0.2, 0.25) is 0 Å². The largest absolute Gasteiger partial charge is 0.320 e. The smallest absolute Gasteiger partial charge is 0.00489 e. The zero-order valence-corrected chi connectivity index (χ0v) is 23.4. The highest BCUT2D eigenvalue weighted by atomic mass is 14.8. The van der Waals surface area contributed by atoms with Crippen LogP contribution >= 0.6 is 0 Å². The molecule has 1 atom stereocenters. The molecule has 188 valence electrons. The first-order valence-electron chi connectivity index (χ1n) is 13.9. The lowest BCUT2D eigenvalue weighted by Gasteiger charge is -2.21. The molecule has 1 aromatic carbocycles. The highest BCUT2D eigenvalue weighted by Gasteiger charge is 2.14. The first-order chi connectivity index (χ1) is 15.8. The molecular weight excluding hydrogens is 398 g/mol. The molecule has 1 nitrogen and oxygen atoms in total. The Hall–Kier alpha value is -1.34. The van der Waals surface area contributed by atoms with E-state index in [1.165, 1.54) is 56.9 Å². The third-order valence-electron chi connectivity index (χ3n) is 6.75. The number of rotatable bonds is 17. The highest BCUT2D eigenvalue weighted by molar-refractivity contribution is 5.32. The van der Waals surface area contributed by atoms with E-state index in [0.717, 1.165) is 37.1 Å². The number of hydrogen-bond acceptors (Lipinski definition) is 1. The van der Waals surface area contributed by atoms with Crippen LogP contribution in [0.3, 0.4) is 0 Å². The summed E-state index contributed by atoms with van der Waals surface area (Å²) in [7, 11) is 2.05. The molecule has 0 bridgehead atoms. The van der Waals surface area contributed by atoms with E-state index in [2.05, 4.69) is 91.2 Å². The second-order valence-electron chi connectivity index (χ2n) is 11.0. The summed E-state index contributed by atoms with van der Waals surface area (Å²) < 4.78 is 0. The van der Waals surface area contributed by atoms with Crippen molar-refractivity contribution in [1.82, 2.24) is 5.32 Å². The standard InChI is InChI=1S/C32H55N/c1-9-11-17-31(27(7)14-13-20-33-8)24-29(21-25(3)4)16-12-15-28-18-19-32(22-26(5)6)30(10-2)23-28/h11,17-19,23,25-26,29,33H,9-10,12-16,20-22,24H2,1-8H3/b17-11-,31-27-. The first kappa shape index (κ1) is 29.7. The molecule has 0 saturated carbocycles. The van der Waals surface area contributed by atoms with E-state index in [4.69, 9.17) is 0 Å². The maximum Gasteiger partial charge on any atom is -0.00489 e. The van der Waals surface area contributed by atoms with Gasteiger partial charge in [-0.25, -0.2) is 0 Å². The van der Waals surface area contributed by atoms with Crippen molar-refractivity contribution in [3.63, 3.8) is 0 Å². The molecule has 0 amide bonds. The molecule has 0 heterocycles. The minimum atomic E-state index is 0.726. The van der Waals surface area contributed by atoms with E-state index in [-0.39, 0.29) is 0 Å². The molecular formula is C32H55N. The van der Waals surface area contributed by atoms with Crippen LogP contribution in [0.4, 0.5) is 0 Å². The summed E-state index contributed by atoms with van der Waals surface area (Å²) in [6.45, 7) is 17.4. The van der Waals surface area contributed by atoms with Crippen LogP contribution in [0.5, 0.6) is 0 Å². The van der Waals surface area contributed by atoms with E-state index in [9.17, 15) is 0 Å². The molecule has 1 rings (SSSR count). The zero-order valence-electron chi connectivity index (χ0n) is 23.4. The average molecular weight is 454 g/mol. The normalized spacial score (nSPS) is 13.9. The van der Waals surface area contributed by atoms with Crippen molar-refractivity contribution in [2.24, 2.45) is 17.8 Å². The summed E-state index contributed by atoms with van der Waals surface area (Å²) in [4.78, 5) is 0. The molecule has 1 unspecified atom stereocenters. The van der Waals surface area contributed by atoms with Crippen LogP contribution in [-0.2, 0) is 19.3 Å². The van der Waals surface area contributed by atoms with Gasteiger partial charge in [-0.15, -0.1) is 0 Å². The Bertz CT molecular complexity index is 707. The molecule has 1 heteroatoms. The van der Waals surface area contributed by atoms with Crippen LogP contribution in [0.25, 0.3) is 0 Å². The minimum Gasteiger partial charge on any atom is -0.320 e. The molecule has 0 radical (unpaired) electrons. The van der Waals surface area contributed by atoms with E-state index in [1.54, 1.807) is 22.3 Å². The summed E-state index contributed by atoms with van der Waals surface area (Å²) in [5.41, 5.74) is 7.85. The van der Waals surface area contributed by atoms with Crippen molar-refractivity contribution in [2.75, 3.05) is 13.6 Å². The van der Waals surface area contributed by atoms with Crippen LogP contribution in [0.1, 0.15) is 110 Å². The Labute approximate surface area is 207 Å². The molecule has 1 N–H and O–H groups in total. The van der Waals surface area contributed by atoms with Gasteiger partial charge in [0.15, 0.2) is 0 Å². The van der Waals surface area contributed by atoms with Gasteiger partial charge < -0.3 is 5.32 Å². The second-order valence-corrected chi connectivity index (χ2v) is 11.0. The molecule has 33 heavy (non-hydrogen) atoms. The van der Waals surface area contributed by atoms with Crippen LogP contribution in [0, 0.1) is 17.8 Å². The van der Waals surface area contributed by atoms with Gasteiger partial charge in [0, 0.05) is 0 Å². The van der Waals surface area contributed by atoms with Crippen LogP contribution in [0.15, 0.2) is 41.5 Å². The molecule has 0 aliphatic carbocycles. The summed E-state index contributed by atoms with van der Waals surface area (Å²) in [6, 6.07) is 7.30. The quantitative estimate of drug-likeness (QED) is 0.183. The third kappa shape index (κ3) is 12.6. The van der Waals surface area contributed by atoms with Crippen molar-refractivity contribution in [2.45, 2.75) is 113 Å². The fourth-order valence-electron chi connectivity index (χ4n) is 5.01. The van der Waals surface area contributed by atoms with E-state index < -0.39 is 0 Å². The highest BCUT2D eigenvalue weighted by Crippen LogP contribution is 2.29. The summed E-state index contributed by atoms with van der Waals surface area (Å²) in [6.07, 6.45) is 17.1. The van der Waals surface area contributed by atoms with Gasteiger partial charge >= 0.3 is 0 Å². The second kappa shape index (κ2) is 17.1. The number of benzene rings is 1. The van der Waals surface area contributed by atoms with E-state index in [1.807, 2.05) is 0 Å². The fourth-order valence-corrected chi connectivity index (χ4v) is 5.01. The van der Waals surface area contributed by atoms with Gasteiger partial charge in [-0.3, -0.25) is 0 Å². The van der Waals surface area contributed by atoms with E-state index >= 15 is 0 Å². The Morgan fingerprint density at radius 3 is 2.36 bits per heavy atom. The Morgan fingerprint density at radius 1 is 1.00 bits per heavy atom. The molecule has 0 spiro atoms. The van der Waals surface area contributed by atoms with Crippen molar-refractivity contribution >= 4 is 0 Å². The molecule has 0 aromatic heterocycles. The van der Waals surface area contributed by atoms with Crippen molar-refractivity contribution in [1.29, 1.82) is 0 Å². The first-order valence-corrected chi connectivity index (χ1v) is 13.9. The van der Waals surface area contributed by atoms with Gasteiger partial charge in [-0.2, -0.15) is 0 Å². The van der Waals surface area contributed by atoms with Gasteiger partial charge in [0.1, 0.15) is 0 Å². The predicted molar refractivity (Wildman–Crippen MR) is 150 cm³/mol. The Kier molecular flexibility index (Phi) is 15.4. The van der Waals surface area contributed by atoms with Crippen LogP contribution in [-0.4, -0.2) is 13.6 Å². The Morgan fingerprint density at radius 2 is 1.76 bits per heavy atom. The summed E-state index contributed by atoms with van der Waals surface area (Å²) in [5, 5.41) is 3.30. The van der Waals surface area contributed by atoms with Crippen molar-refractivity contribution < 1.29 is 0 Å². The zero-order chi connectivity index (χ0) is 24.6. The van der Waals surface area contributed by atoms with E-state index in [0.29, 0.717) is 0 Å². The van der Waals surface area contributed by atoms with Crippen molar-refractivity contribution in [3.8, 4) is 0 Å². The molecule has 0 saturated heterocycles. The minimum absolute atomic E-state index is 0.726. The fraction of sp³-hybridized carbons (Fsp3) is 0.688. The Balaban J connectivity index is 2.83. The maximum absolute atomic E-state index is 3.30. The molecule has 0 fully saturated rings. The average Bonchev–Trinajstić information content (AvgIpc) is 2.76. The van der Waals surface area contributed by atoms with Crippen LogP contribution < -0.4 is 5.32 Å². The molecule has 1 aromatic rings. The SMILES string of the molecule is CC/C=C\C(CC(CCCc1ccc(CC(C)C)c(CC)c1)CC(C)C)=C(/C)CCCNC. The number of allylic oxidation sites excluding steroid dienone is 4. The lowest BCUT2D eigenvalue weighted by Crippen LogP contribution is -2.09. The van der Waals surface area contributed by atoms with Crippen LogP contribution in [0.2, 0.25) is 0 Å². The summed E-state index contributed by atoms with van der Waals surface area (Å²) >= 11 is 0. The van der Waals surface area contributed by atoms with Gasteiger partial charge in [0.05, 0.1) is 0 Å².